The van der Waals surface area contributed by atoms with E-state index in [0.717, 1.165) is 43.2 Å². The first-order valence-corrected chi connectivity index (χ1v) is 30.8. The molecule has 3 heterocycles. The SMILES string of the molecule is CCCCCCCCCCCCOc1nn(-c2cc(Cl)cc(Cl)c2)c(=O)o1.CCCCCCCCCCCCOc1nn(-c2ccc(OC)cc2)c(=O)o1.CCCCCCCCCCCCOc1nn(-c2cccc(OC)c2)c(=O)o1. The van der Waals surface area contributed by atoms with Gasteiger partial charge in [-0.2, -0.15) is 14.0 Å². The summed E-state index contributed by atoms with van der Waals surface area (Å²) >= 11 is 11.9. The quantitative estimate of drug-likeness (QED) is 0.0329. The Kier molecular flexibility index (Phi) is 35.0. The fourth-order valence-corrected chi connectivity index (χ4v) is 9.34. The van der Waals surface area contributed by atoms with Crippen molar-refractivity contribution in [3.63, 3.8) is 0 Å². The highest BCUT2D eigenvalue weighted by molar-refractivity contribution is 6.34. The number of nitrogens with zero attached hydrogens (tertiary/aromatic N) is 6. The second-order valence-electron chi connectivity index (χ2n) is 20.3. The van der Waals surface area contributed by atoms with Crippen LogP contribution in [0.1, 0.15) is 213 Å². The monoisotopic (exact) mass is 1170 g/mol. The number of rotatable bonds is 41. The number of hydrogen-bond donors (Lipinski definition) is 0. The molecule has 6 rings (SSSR count). The van der Waals surface area contributed by atoms with Gasteiger partial charge < -0.3 is 36.9 Å². The summed E-state index contributed by atoms with van der Waals surface area (Å²) < 4.78 is 45.3. The van der Waals surface area contributed by atoms with Crippen molar-refractivity contribution in [1.29, 1.82) is 0 Å². The van der Waals surface area contributed by atoms with Crippen LogP contribution in [0.15, 0.2) is 94.4 Å². The van der Waals surface area contributed by atoms with Crippen molar-refractivity contribution in [2.45, 2.75) is 213 Å². The molecule has 17 nitrogen and oxygen atoms in total. The standard InChI is InChI=1S/2C21H32N2O4.C20H28Cl2N2O3/c1-3-4-5-6-7-8-9-10-11-12-17-26-20-22-23(21(24)27-20)18-13-15-19(25-2)16-14-18;1-3-4-5-6-7-8-9-10-11-12-16-26-20-22-23(21(24)27-20)18-14-13-15-19(17-18)25-2;1-2-3-4-5-6-7-8-9-10-11-12-26-19-23-24(20(25)27-19)18-14-16(21)13-17(22)15-18/h13-16H,3-12,17H2,1-2H3;13-15,17H,3-12,16H2,1-2H3;13-15H,2-12H2,1H3. The summed E-state index contributed by atoms with van der Waals surface area (Å²) in [5.74, 6) is -0.395. The van der Waals surface area contributed by atoms with E-state index in [2.05, 4.69) is 36.1 Å². The van der Waals surface area contributed by atoms with E-state index >= 15 is 0 Å². The summed E-state index contributed by atoms with van der Waals surface area (Å²) in [5.41, 5.74) is 1.63. The van der Waals surface area contributed by atoms with Crippen molar-refractivity contribution >= 4 is 23.2 Å². The molecule has 3 aromatic carbocycles. The molecule has 0 amide bonds. The molecule has 450 valence electrons. The Morgan fingerprint density at radius 3 is 1.04 bits per heavy atom. The lowest BCUT2D eigenvalue weighted by Crippen LogP contribution is -2.13. The van der Waals surface area contributed by atoms with E-state index in [4.69, 9.17) is 60.1 Å². The molecule has 0 saturated carbocycles. The smallest absolute Gasteiger partial charge is 0.444 e. The first-order valence-electron chi connectivity index (χ1n) is 30.0. The minimum Gasteiger partial charge on any atom is -0.497 e. The maximum Gasteiger partial charge on any atom is 0.444 e. The number of unbranched alkanes of at least 4 members (excludes halogenated alkanes) is 27. The van der Waals surface area contributed by atoms with Crippen molar-refractivity contribution in [2.75, 3.05) is 34.0 Å². The van der Waals surface area contributed by atoms with Crippen LogP contribution in [-0.4, -0.2) is 63.4 Å². The van der Waals surface area contributed by atoms with E-state index in [1.807, 2.05) is 0 Å². The molecule has 0 aliphatic carbocycles. The van der Waals surface area contributed by atoms with Crippen LogP contribution in [0.2, 0.25) is 10.0 Å². The molecule has 0 saturated heterocycles. The Morgan fingerprint density at radius 2 is 0.691 bits per heavy atom. The van der Waals surface area contributed by atoms with Gasteiger partial charge >= 0.3 is 35.5 Å². The molecule has 19 heteroatoms. The summed E-state index contributed by atoms with van der Waals surface area (Å²) in [6.45, 7) is 8.23. The van der Waals surface area contributed by atoms with Gasteiger partial charge in [0.05, 0.1) is 51.1 Å². The average Bonchev–Trinajstić information content (AvgIpc) is 4.35. The van der Waals surface area contributed by atoms with E-state index in [9.17, 15) is 14.4 Å². The molecule has 0 fully saturated rings. The van der Waals surface area contributed by atoms with Crippen LogP contribution in [0.25, 0.3) is 17.1 Å². The first kappa shape index (κ1) is 67.6. The fourth-order valence-electron chi connectivity index (χ4n) is 8.82. The van der Waals surface area contributed by atoms with Crippen LogP contribution in [-0.2, 0) is 0 Å². The van der Waals surface area contributed by atoms with E-state index < -0.39 is 17.3 Å². The molecule has 81 heavy (non-hydrogen) atoms. The van der Waals surface area contributed by atoms with Crippen molar-refractivity contribution < 1.29 is 36.9 Å². The minimum absolute atomic E-state index is 0.0127. The predicted molar refractivity (Wildman–Crippen MR) is 321 cm³/mol. The van der Waals surface area contributed by atoms with Gasteiger partial charge in [0, 0.05) is 16.1 Å². The van der Waals surface area contributed by atoms with E-state index in [0.29, 0.717) is 58.4 Å². The zero-order valence-corrected chi connectivity index (χ0v) is 50.6. The molecule has 0 radical (unpaired) electrons. The summed E-state index contributed by atoms with van der Waals surface area (Å²) in [6, 6.07) is 18.9. The molecule has 0 atom stereocenters. The zero-order valence-electron chi connectivity index (χ0n) is 49.1. The first-order chi connectivity index (χ1) is 39.6. The Hall–Kier alpha value is -5.94. The lowest BCUT2D eigenvalue weighted by atomic mass is 10.1. The van der Waals surface area contributed by atoms with Gasteiger partial charge in [-0.25, -0.2) is 14.4 Å². The molecule has 0 spiro atoms. The summed E-state index contributed by atoms with van der Waals surface area (Å²) in [5, 5.41) is 13.1. The van der Waals surface area contributed by atoms with Gasteiger partial charge in [0.2, 0.25) is 0 Å². The van der Waals surface area contributed by atoms with Crippen LogP contribution in [0.4, 0.5) is 0 Å². The highest BCUT2D eigenvalue weighted by atomic mass is 35.5. The summed E-state index contributed by atoms with van der Waals surface area (Å²) in [6.07, 6.45) is 37.8. The normalized spacial score (nSPS) is 11.0. The lowest BCUT2D eigenvalue weighted by molar-refractivity contribution is 0.219. The van der Waals surface area contributed by atoms with Gasteiger partial charge in [-0.3, -0.25) is 0 Å². The van der Waals surface area contributed by atoms with E-state index in [1.165, 1.54) is 163 Å². The maximum absolute atomic E-state index is 12.0. The number of ether oxygens (including phenoxy) is 5. The van der Waals surface area contributed by atoms with Crippen molar-refractivity contribution in [3.8, 4) is 46.8 Å². The number of hydrogen-bond acceptors (Lipinski definition) is 14. The maximum atomic E-state index is 12.0. The van der Waals surface area contributed by atoms with Crippen LogP contribution in [0.3, 0.4) is 0 Å². The van der Waals surface area contributed by atoms with Crippen molar-refractivity contribution in [1.82, 2.24) is 29.3 Å². The van der Waals surface area contributed by atoms with E-state index in [1.54, 1.807) is 80.9 Å². The molecule has 0 aliphatic rings. The summed E-state index contributed by atoms with van der Waals surface area (Å²) in [4.78, 5) is 35.8. The number of methoxy groups -OCH3 is 2. The van der Waals surface area contributed by atoms with Crippen LogP contribution < -0.4 is 41.0 Å². The van der Waals surface area contributed by atoms with Gasteiger partial charge in [-0.05, 0) is 73.9 Å². The molecular formula is C62H92Cl2N6O11. The third-order valence-electron chi connectivity index (χ3n) is 13.5. The average molecular weight is 1170 g/mol. The molecular weight excluding hydrogens is 1080 g/mol. The van der Waals surface area contributed by atoms with Gasteiger partial charge in [0.25, 0.3) is 0 Å². The second kappa shape index (κ2) is 42.0. The zero-order chi connectivity index (χ0) is 58.1. The number of halogens is 2. The Bertz CT molecular complexity index is 2710. The Morgan fingerprint density at radius 1 is 0.370 bits per heavy atom. The Balaban J connectivity index is 0.000000261. The van der Waals surface area contributed by atoms with Crippen molar-refractivity contribution in [2.24, 2.45) is 0 Å². The molecule has 0 bridgehead atoms. The van der Waals surface area contributed by atoms with E-state index in [-0.39, 0.29) is 18.2 Å². The minimum atomic E-state index is -0.633. The third kappa shape index (κ3) is 28.1. The van der Waals surface area contributed by atoms with Gasteiger partial charge in [-0.15, -0.1) is 0 Å². The topological polar surface area (TPSA) is 190 Å². The molecule has 3 aromatic heterocycles. The molecule has 0 aliphatic heterocycles. The van der Waals surface area contributed by atoms with Crippen LogP contribution in [0, 0.1) is 0 Å². The molecule has 0 N–H and O–H groups in total. The Labute approximate surface area is 489 Å². The predicted octanol–water partition coefficient (Wildman–Crippen LogP) is 16.7. The lowest BCUT2D eigenvalue weighted by Gasteiger charge is -2.03. The van der Waals surface area contributed by atoms with Gasteiger partial charge in [-0.1, -0.05) is 239 Å². The van der Waals surface area contributed by atoms with Crippen LogP contribution >= 0.6 is 23.2 Å². The highest BCUT2D eigenvalue weighted by Gasteiger charge is 2.15. The number of benzene rings is 3. The largest absolute Gasteiger partial charge is 0.497 e. The summed E-state index contributed by atoms with van der Waals surface area (Å²) in [7, 11) is 3.17. The second-order valence-corrected chi connectivity index (χ2v) is 21.1. The van der Waals surface area contributed by atoms with Gasteiger partial charge in [0.1, 0.15) is 11.5 Å². The molecule has 6 aromatic rings. The highest BCUT2D eigenvalue weighted by Crippen LogP contribution is 2.22. The van der Waals surface area contributed by atoms with Gasteiger partial charge in [0.15, 0.2) is 0 Å². The third-order valence-corrected chi connectivity index (χ3v) is 13.9. The van der Waals surface area contributed by atoms with Crippen molar-refractivity contribution in [3.05, 3.63) is 108 Å². The van der Waals surface area contributed by atoms with Crippen LogP contribution in [0.5, 0.6) is 29.7 Å². The molecule has 0 unspecified atom stereocenters. The fraction of sp³-hybridized carbons (Fsp3) is 0.613. The number of aromatic nitrogens is 6.